The highest BCUT2D eigenvalue weighted by Gasteiger charge is 2.02. The van der Waals surface area contributed by atoms with Crippen LogP contribution in [0, 0.1) is 0 Å². The Morgan fingerprint density at radius 1 is 0.682 bits per heavy atom. The molecule has 8 nitrogen and oxygen atoms in total. The van der Waals surface area contributed by atoms with Gasteiger partial charge in [0.1, 0.15) is 0 Å². The van der Waals surface area contributed by atoms with E-state index in [9.17, 15) is 8.42 Å². The molecule has 0 fully saturated rings. The summed E-state index contributed by atoms with van der Waals surface area (Å²) in [6, 6.07) is 0. The zero-order valence-electron chi connectivity index (χ0n) is 13.0. The third kappa shape index (κ3) is 36.7. The van der Waals surface area contributed by atoms with Crippen LogP contribution in [0.2, 0.25) is 0 Å². The van der Waals surface area contributed by atoms with Crippen LogP contribution in [0.25, 0.3) is 0 Å². The second-order valence-electron chi connectivity index (χ2n) is 4.88. The van der Waals surface area contributed by atoms with E-state index in [4.69, 9.17) is 22.1 Å². The summed E-state index contributed by atoms with van der Waals surface area (Å²) in [5.74, 6) is 0. The lowest BCUT2D eigenvalue weighted by atomic mass is 10.1. The number of rotatable bonds is 12. The van der Waals surface area contributed by atoms with Crippen molar-refractivity contribution < 1.29 is 34.7 Å². The van der Waals surface area contributed by atoms with Crippen LogP contribution < -0.4 is 0 Å². The van der Waals surface area contributed by atoms with Crippen LogP contribution in [-0.4, -0.2) is 37.1 Å². The fraction of sp³-hybridized carbons (Fsp3) is 1.00. The van der Waals surface area contributed by atoms with Gasteiger partial charge in [-0.15, -0.1) is 0 Å². The summed E-state index contributed by atoms with van der Waals surface area (Å²) >= 11 is 0. The molecule has 0 aliphatic rings. The molecule has 136 valence electrons. The van der Waals surface area contributed by atoms with E-state index in [1.807, 2.05) is 0 Å². The van der Waals surface area contributed by atoms with Gasteiger partial charge in [-0.2, -0.15) is 16.8 Å². The molecule has 0 heterocycles. The van der Waals surface area contributed by atoms with Gasteiger partial charge >= 0.3 is 20.8 Å². The number of unbranched alkanes of at least 4 members (excludes halogenated alkanes) is 9. The van der Waals surface area contributed by atoms with Crippen LogP contribution in [-0.2, 0) is 25.0 Å². The molecule has 0 unspecified atom stereocenters. The summed E-state index contributed by atoms with van der Waals surface area (Å²) in [6.45, 7) is 2.31. The molecule has 0 aromatic rings. The molecule has 0 radical (unpaired) electrons. The molecule has 3 N–H and O–H groups in total. The van der Waals surface area contributed by atoms with E-state index >= 15 is 0 Å². The molecule has 0 bridgehead atoms. The van der Waals surface area contributed by atoms with Crippen LogP contribution in [0.1, 0.15) is 71.1 Å². The van der Waals surface area contributed by atoms with Crippen molar-refractivity contribution in [2.75, 3.05) is 6.61 Å². The maximum Gasteiger partial charge on any atom is 0.397 e. The average molecular weight is 364 g/mol. The molecule has 0 aromatic heterocycles. The van der Waals surface area contributed by atoms with Crippen LogP contribution >= 0.6 is 0 Å². The van der Waals surface area contributed by atoms with Crippen molar-refractivity contribution in [1.82, 2.24) is 0 Å². The minimum Gasteiger partial charge on any atom is -0.264 e. The lowest BCUT2D eigenvalue weighted by molar-refractivity contribution is 0.261. The molecule has 0 spiro atoms. The highest BCUT2D eigenvalue weighted by molar-refractivity contribution is 7.80. The first-order chi connectivity index (χ1) is 10.1. The monoisotopic (exact) mass is 364 g/mol. The molecule has 0 saturated heterocycles. The molecule has 0 aromatic carbocycles. The van der Waals surface area contributed by atoms with Crippen LogP contribution in [0.3, 0.4) is 0 Å². The number of hydrogen-bond acceptors (Lipinski definition) is 5. The Labute approximate surface area is 133 Å². The molecular weight excluding hydrogens is 336 g/mol. The maximum atomic E-state index is 10.2. The summed E-state index contributed by atoms with van der Waals surface area (Å²) in [5, 5.41) is 0. The highest BCUT2D eigenvalue weighted by Crippen LogP contribution is 2.10. The Hall–Kier alpha value is -0.260. The average Bonchev–Trinajstić information content (AvgIpc) is 2.32. The first kappa shape index (κ1) is 24.0. The topological polar surface area (TPSA) is 138 Å². The standard InChI is InChI=1S/C12H26O4S.H2O4S/c1-2-3-4-5-6-7-8-9-10-11-12-16-17(13,14)15;1-5(2,3)4/h2-12H2,1H3,(H,13,14,15);(H2,1,2,3,4). The van der Waals surface area contributed by atoms with E-state index in [1.54, 1.807) is 0 Å². The minimum absolute atomic E-state index is 0.0926. The number of hydrogen-bond donors (Lipinski definition) is 3. The van der Waals surface area contributed by atoms with Crippen LogP contribution in [0.4, 0.5) is 0 Å². The highest BCUT2D eigenvalue weighted by atomic mass is 32.3. The smallest absolute Gasteiger partial charge is 0.264 e. The van der Waals surface area contributed by atoms with Crippen LogP contribution in [0.15, 0.2) is 0 Å². The largest absolute Gasteiger partial charge is 0.397 e. The van der Waals surface area contributed by atoms with Gasteiger partial charge in [0.2, 0.25) is 0 Å². The predicted molar refractivity (Wildman–Crippen MR) is 83.5 cm³/mol. The van der Waals surface area contributed by atoms with Crippen molar-refractivity contribution in [2.24, 2.45) is 0 Å². The zero-order chi connectivity index (χ0) is 17.5. The van der Waals surface area contributed by atoms with Gasteiger partial charge in [-0.05, 0) is 6.42 Å². The van der Waals surface area contributed by atoms with E-state index in [2.05, 4.69) is 11.1 Å². The first-order valence-corrected chi connectivity index (χ1v) is 10.1. The third-order valence-electron chi connectivity index (χ3n) is 2.73. The molecule has 0 amide bonds. The minimum atomic E-state index is -4.67. The summed E-state index contributed by atoms with van der Waals surface area (Å²) in [6.07, 6.45) is 11.9. The molecule has 22 heavy (non-hydrogen) atoms. The van der Waals surface area contributed by atoms with Crippen molar-refractivity contribution in [2.45, 2.75) is 71.1 Å². The van der Waals surface area contributed by atoms with Crippen molar-refractivity contribution in [1.29, 1.82) is 0 Å². The lowest BCUT2D eigenvalue weighted by Gasteiger charge is -2.02. The fourth-order valence-electron chi connectivity index (χ4n) is 1.75. The van der Waals surface area contributed by atoms with E-state index in [1.165, 1.54) is 44.9 Å². The summed E-state index contributed by atoms with van der Waals surface area (Å²) in [5.41, 5.74) is 0. The Bertz CT molecular complexity index is 422. The van der Waals surface area contributed by atoms with Gasteiger partial charge in [0, 0.05) is 0 Å². The van der Waals surface area contributed by atoms with Crippen LogP contribution in [0.5, 0.6) is 0 Å². The lowest BCUT2D eigenvalue weighted by Crippen LogP contribution is -2.04. The van der Waals surface area contributed by atoms with Crippen molar-refractivity contribution in [3.8, 4) is 0 Å². The van der Waals surface area contributed by atoms with E-state index in [0.29, 0.717) is 6.42 Å². The van der Waals surface area contributed by atoms with Gasteiger partial charge in [0.25, 0.3) is 0 Å². The molecule has 10 heteroatoms. The van der Waals surface area contributed by atoms with Gasteiger partial charge in [-0.25, -0.2) is 4.18 Å². The summed E-state index contributed by atoms with van der Waals surface area (Å²) in [4.78, 5) is 0. The second kappa shape index (κ2) is 14.3. The quantitative estimate of drug-likeness (QED) is 0.355. The Kier molecular flexibility index (Phi) is 15.6. The molecule has 0 aliphatic heterocycles. The van der Waals surface area contributed by atoms with Gasteiger partial charge in [-0.3, -0.25) is 13.7 Å². The van der Waals surface area contributed by atoms with E-state index in [-0.39, 0.29) is 6.61 Å². The normalized spacial score (nSPS) is 11.8. The van der Waals surface area contributed by atoms with Crippen molar-refractivity contribution in [3.05, 3.63) is 0 Å². The molecule has 0 aliphatic carbocycles. The first-order valence-electron chi connectivity index (χ1n) is 7.38. The Balaban J connectivity index is 0. The van der Waals surface area contributed by atoms with E-state index < -0.39 is 20.8 Å². The molecular formula is C12H28O8S2. The maximum absolute atomic E-state index is 10.2. The van der Waals surface area contributed by atoms with Crippen molar-refractivity contribution in [3.63, 3.8) is 0 Å². The summed E-state index contributed by atoms with van der Waals surface area (Å²) < 4.78 is 64.6. The van der Waals surface area contributed by atoms with Gasteiger partial charge in [0.15, 0.2) is 0 Å². The Morgan fingerprint density at radius 2 is 1.00 bits per heavy atom. The van der Waals surface area contributed by atoms with Gasteiger partial charge < -0.3 is 0 Å². The fourth-order valence-corrected chi connectivity index (χ4v) is 2.08. The summed E-state index contributed by atoms with van der Waals surface area (Å²) in [7, 11) is -8.90. The molecule has 0 rings (SSSR count). The SMILES string of the molecule is CCCCCCCCCCCCOS(=O)(=O)O.O=S(=O)(O)O. The van der Waals surface area contributed by atoms with E-state index in [0.717, 1.165) is 12.8 Å². The van der Waals surface area contributed by atoms with Gasteiger partial charge in [0.05, 0.1) is 6.61 Å². The third-order valence-corrected chi connectivity index (χ3v) is 3.19. The van der Waals surface area contributed by atoms with Crippen molar-refractivity contribution >= 4 is 20.8 Å². The molecule has 0 saturated carbocycles. The van der Waals surface area contributed by atoms with Gasteiger partial charge in [-0.1, -0.05) is 64.7 Å². The second-order valence-corrected chi connectivity index (χ2v) is 6.87. The molecule has 0 atom stereocenters. The Morgan fingerprint density at radius 3 is 1.32 bits per heavy atom. The zero-order valence-corrected chi connectivity index (χ0v) is 14.6. The predicted octanol–water partition coefficient (Wildman–Crippen LogP) is 3.07.